The summed E-state index contributed by atoms with van der Waals surface area (Å²) in [6.07, 6.45) is 0.898. The quantitative estimate of drug-likeness (QED) is 0.793. The molecule has 0 fully saturated rings. The molecule has 1 heterocycles. The zero-order valence-corrected chi connectivity index (χ0v) is 12.9. The molecule has 2 aromatic rings. The number of carbonyl (C=O) groups excluding carboxylic acids is 1. The number of esters is 1. The maximum atomic E-state index is 13.4. The molecule has 2 rings (SSSR count). The van der Waals surface area contributed by atoms with E-state index in [9.17, 15) is 9.18 Å². The van der Waals surface area contributed by atoms with Crippen LogP contribution >= 0.6 is 0 Å². The highest BCUT2D eigenvalue weighted by molar-refractivity contribution is 5.84. The number of imidazole rings is 1. The molecule has 114 valence electrons. The fourth-order valence-corrected chi connectivity index (χ4v) is 2.43. The molecule has 0 aliphatic heterocycles. The third-order valence-electron chi connectivity index (χ3n) is 3.50. The van der Waals surface area contributed by atoms with Crippen molar-refractivity contribution in [3.8, 4) is 0 Å². The average Bonchev–Trinajstić information content (AvgIpc) is 2.78. The van der Waals surface area contributed by atoms with Crippen LogP contribution in [0.3, 0.4) is 0 Å². The summed E-state index contributed by atoms with van der Waals surface area (Å²) < 4.78 is 20.5. The number of benzene rings is 1. The summed E-state index contributed by atoms with van der Waals surface area (Å²) in [5, 5.41) is 0. The van der Waals surface area contributed by atoms with Crippen molar-refractivity contribution in [2.75, 3.05) is 6.61 Å². The molecule has 0 aliphatic rings. The number of hydrogen-bond donors (Lipinski definition) is 0. The van der Waals surface area contributed by atoms with Gasteiger partial charge in [-0.2, -0.15) is 0 Å². The fraction of sp³-hybridized carbons (Fsp3) is 0.500. The lowest BCUT2D eigenvalue weighted by molar-refractivity contribution is -0.149. The van der Waals surface area contributed by atoms with Crippen molar-refractivity contribution in [1.29, 1.82) is 0 Å². The summed E-state index contributed by atoms with van der Waals surface area (Å²) in [4.78, 5) is 16.7. The molecule has 0 saturated carbocycles. The Kier molecular flexibility index (Phi) is 4.30. The van der Waals surface area contributed by atoms with Gasteiger partial charge < -0.3 is 9.30 Å². The van der Waals surface area contributed by atoms with Crippen LogP contribution < -0.4 is 0 Å². The molecule has 0 amide bonds. The highest BCUT2D eigenvalue weighted by Crippen LogP contribution is 2.29. The summed E-state index contributed by atoms with van der Waals surface area (Å²) in [6, 6.07) is 4.52. The van der Waals surface area contributed by atoms with Crippen LogP contribution in [0.1, 0.15) is 39.9 Å². The van der Waals surface area contributed by atoms with Crippen molar-refractivity contribution in [3.05, 3.63) is 29.8 Å². The first-order valence-electron chi connectivity index (χ1n) is 7.25. The van der Waals surface area contributed by atoms with Crippen molar-refractivity contribution in [2.24, 2.45) is 0 Å². The molecule has 0 N–H and O–H groups in total. The Morgan fingerprint density at radius 3 is 2.71 bits per heavy atom. The van der Waals surface area contributed by atoms with Crippen LogP contribution in [0.15, 0.2) is 18.2 Å². The van der Waals surface area contributed by atoms with Crippen molar-refractivity contribution in [1.82, 2.24) is 9.55 Å². The van der Waals surface area contributed by atoms with Gasteiger partial charge in [-0.1, -0.05) is 6.92 Å². The molecule has 5 heteroatoms. The van der Waals surface area contributed by atoms with Gasteiger partial charge in [-0.15, -0.1) is 0 Å². The summed E-state index contributed by atoms with van der Waals surface area (Å²) in [5.74, 6) is -0.0364. The minimum atomic E-state index is -0.874. The van der Waals surface area contributed by atoms with E-state index in [2.05, 4.69) is 11.9 Å². The van der Waals surface area contributed by atoms with E-state index >= 15 is 0 Å². The van der Waals surface area contributed by atoms with E-state index in [1.54, 1.807) is 26.8 Å². The van der Waals surface area contributed by atoms with Gasteiger partial charge >= 0.3 is 5.97 Å². The van der Waals surface area contributed by atoms with Crippen LogP contribution in [0, 0.1) is 5.82 Å². The molecule has 0 atom stereocenters. The number of carbonyl (C=O) groups is 1. The number of aryl methyl sites for hydroxylation is 1. The molecule has 21 heavy (non-hydrogen) atoms. The largest absolute Gasteiger partial charge is 0.465 e. The first-order valence-corrected chi connectivity index (χ1v) is 7.25. The molecule has 1 aromatic carbocycles. The number of aromatic nitrogens is 2. The molecule has 1 aromatic heterocycles. The van der Waals surface area contributed by atoms with Gasteiger partial charge in [-0.05, 0) is 39.3 Å². The maximum absolute atomic E-state index is 13.4. The lowest BCUT2D eigenvalue weighted by Crippen LogP contribution is -2.34. The molecular formula is C16H21FN2O2. The normalized spacial score (nSPS) is 11.9. The Balaban J connectivity index is 2.61. The van der Waals surface area contributed by atoms with Gasteiger partial charge in [0.15, 0.2) is 0 Å². The van der Waals surface area contributed by atoms with Crippen molar-refractivity contribution in [2.45, 2.75) is 46.1 Å². The SMILES string of the molecule is CCCn1c(C(C)(C)C(=O)OCC)nc2cc(F)ccc21. The Morgan fingerprint density at radius 1 is 1.38 bits per heavy atom. The second-order valence-electron chi connectivity index (χ2n) is 5.57. The smallest absolute Gasteiger partial charge is 0.319 e. The van der Waals surface area contributed by atoms with Crippen molar-refractivity contribution >= 4 is 17.0 Å². The minimum Gasteiger partial charge on any atom is -0.465 e. The summed E-state index contributed by atoms with van der Waals surface area (Å²) in [7, 11) is 0. The molecule has 0 spiro atoms. The van der Waals surface area contributed by atoms with Crippen LogP contribution in [0.5, 0.6) is 0 Å². The fourth-order valence-electron chi connectivity index (χ4n) is 2.43. The lowest BCUT2D eigenvalue weighted by atomic mass is 9.92. The second kappa shape index (κ2) is 5.84. The van der Waals surface area contributed by atoms with E-state index in [4.69, 9.17) is 4.74 Å². The predicted molar refractivity (Wildman–Crippen MR) is 79.6 cm³/mol. The average molecular weight is 292 g/mol. The number of hydrogen-bond acceptors (Lipinski definition) is 3. The summed E-state index contributed by atoms with van der Waals surface area (Å²) >= 11 is 0. The summed E-state index contributed by atoms with van der Waals surface area (Å²) in [6.45, 7) is 8.45. The molecule has 0 unspecified atom stereocenters. The van der Waals surface area contributed by atoms with Gasteiger partial charge in [0.1, 0.15) is 17.1 Å². The van der Waals surface area contributed by atoms with Gasteiger partial charge in [-0.25, -0.2) is 9.37 Å². The van der Waals surface area contributed by atoms with Crippen molar-refractivity contribution in [3.63, 3.8) is 0 Å². The van der Waals surface area contributed by atoms with E-state index < -0.39 is 5.41 Å². The monoisotopic (exact) mass is 292 g/mol. The van der Waals surface area contributed by atoms with E-state index in [1.807, 2.05) is 4.57 Å². The van der Waals surface area contributed by atoms with Crippen LogP contribution in [0.2, 0.25) is 0 Å². The summed E-state index contributed by atoms with van der Waals surface area (Å²) in [5.41, 5.74) is 0.530. The first kappa shape index (κ1) is 15.5. The molecule has 0 aliphatic carbocycles. The highest BCUT2D eigenvalue weighted by Gasteiger charge is 2.36. The Bertz CT molecular complexity index is 662. The molecular weight excluding hydrogens is 271 g/mol. The van der Waals surface area contributed by atoms with E-state index in [-0.39, 0.29) is 11.8 Å². The van der Waals surface area contributed by atoms with Gasteiger partial charge in [-0.3, -0.25) is 4.79 Å². The van der Waals surface area contributed by atoms with Crippen molar-refractivity contribution < 1.29 is 13.9 Å². The number of rotatable bonds is 5. The van der Waals surface area contributed by atoms with E-state index in [0.717, 1.165) is 18.5 Å². The van der Waals surface area contributed by atoms with Crippen LogP contribution in [0.25, 0.3) is 11.0 Å². The van der Waals surface area contributed by atoms with Gasteiger partial charge in [0.25, 0.3) is 0 Å². The third kappa shape index (κ3) is 2.77. The number of halogens is 1. The van der Waals surface area contributed by atoms with Gasteiger partial charge in [0, 0.05) is 12.6 Å². The first-order chi connectivity index (χ1) is 9.91. The van der Waals surface area contributed by atoms with E-state index in [1.165, 1.54) is 12.1 Å². The number of fused-ring (bicyclic) bond motifs is 1. The lowest BCUT2D eigenvalue weighted by Gasteiger charge is -2.23. The highest BCUT2D eigenvalue weighted by atomic mass is 19.1. The maximum Gasteiger partial charge on any atom is 0.319 e. The zero-order chi connectivity index (χ0) is 15.6. The molecule has 4 nitrogen and oxygen atoms in total. The van der Waals surface area contributed by atoms with Crippen LogP contribution in [-0.4, -0.2) is 22.1 Å². The standard InChI is InChI=1S/C16H21FN2O2/c1-5-9-19-13-8-7-11(17)10-12(13)18-14(19)16(3,4)15(20)21-6-2/h7-8,10H,5-6,9H2,1-4H3. The van der Waals surface area contributed by atoms with E-state index in [0.29, 0.717) is 17.9 Å². The Morgan fingerprint density at radius 2 is 2.10 bits per heavy atom. The van der Waals surface area contributed by atoms with Gasteiger partial charge in [0.05, 0.1) is 17.6 Å². The third-order valence-corrected chi connectivity index (χ3v) is 3.50. The van der Waals surface area contributed by atoms with Crippen LogP contribution in [0.4, 0.5) is 4.39 Å². The topological polar surface area (TPSA) is 44.1 Å². The Labute approximate surface area is 123 Å². The zero-order valence-electron chi connectivity index (χ0n) is 12.9. The number of nitrogens with zero attached hydrogens (tertiary/aromatic N) is 2. The minimum absolute atomic E-state index is 0.321. The molecule has 0 bridgehead atoms. The van der Waals surface area contributed by atoms with Crippen LogP contribution in [-0.2, 0) is 21.5 Å². The van der Waals surface area contributed by atoms with Gasteiger partial charge in [0.2, 0.25) is 0 Å². The predicted octanol–water partition coefficient (Wildman–Crippen LogP) is 3.43. The molecule has 0 radical (unpaired) electrons. The second-order valence-corrected chi connectivity index (χ2v) is 5.57. The number of ether oxygens (including phenoxy) is 1. The molecule has 0 saturated heterocycles. The Hall–Kier alpha value is -1.91.